The van der Waals surface area contributed by atoms with E-state index in [1.807, 2.05) is 0 Å². The van der Waals surface area contributed by atoms with Crippen LogP contribution in [0.5, 0.6) is 0 Å². The first-order valence-electron chi connectivity index (χ1n) is 7.49. The van der Waals surface area contributed by atoms with Gasteiger partial charge in [0.15, 0.2) is 0 Å². The Kier molecular flexibility index (Phi) is 3.02. The van der Waals surface area contributed by atoms with Gasteiger partial charge in [0.05, 0.1) is 12.3 Å². The minimum atomic E-state index is -0.999. The summed E-state index contributed by atoms with van der Waals surface area (Å²) in [5, 5.41) is 16.9. The van der Waals surface area contributed by atoms with E-state index in [1.54, 1.807) is 0 Å². The molecule has 0 amide bonds. The number of rotatable bonds is 1. The number of carbonyl (C=O) groups excluding carboxylic acids is 1. The number of azo groups is 1. The van der Waals surface area contributed by atoms with Crippen molar-refractivity contribution in [2.45, 2.75) is 76.0 Å². The quantitative estimate of drug-likeness (QED) is 0.416. The van der Waals surface area contributed by atoms with Crippen LogP contribution >= 0.6 is 0 Å². The Morgan fingerprint density at radius 1 is 1.21 bits per heavy atom. The lowest BCUT2D eigenvalue weighted by Crippen LogP contribution is -2.53. The van der Waals surface area contributed by atoms with Crippen LogP contribution in [-0.2, 0) is 9.53 Å². The van der Waals surface area contributed by atoms with Crippen molar-refractivity contribution in [1.82, 2.24) is 0 Å². The first-order chi connectivity index (χ1) is 9.09. The second kappa shape index (κ2) is 4.46. The summed E-state index contributed by atoms with van der Waals surface area (Å²) in [6.07, 6.45) is 9.06. The molecule has 0 saturated heterocycles. The Labute approximate surface area is 113 Å². The van der Waals surface area contributed by atoms with Crippen LogP contribution in [0.15, 0.2) is 5.11 Å². The van der Waals surface area contributed by atoms with Crippen molar-refractivity contribution >= 4 is 5.97 Å². The van der Waals surface area contributed by atoms with Crippen LogP contribution < -0.4 is 0 Å². The monoisotopic (exact) mass is 266 g/mol. The molecule has 0 aromatic heterocycles. The molecule has 19 heavy (non-hydrogen) atoms. The summed E-state index contributed by atoms with van der Waals surface area (Å²) in [5.41, 5.74) is -1.25. The molecular formula is C14H22N2O3. The maximum Gasteiger partial charge on any atom is 0.348 e. The Morgan fingerprint density at radius 2 is 1.89 bits per heavy atom. The van der Waals surface area contributed by atoms with Crippen LogP contribution in [0.3, 0.4) is 0 Å². The first kappa shape index (κ1) is 12.9. The van der Waals surface area contributed by atoms with E-state index in [0.29, 0.717) is 6.42 Å². The smallest absolute Gasteiger partial charge is 0.348 e. The molecule has 2 unspecified atom stereocenters. The van der Waals surface area contributed by atoms with Gasteiger partial charge < -0.3 is 9.94 Å². The van der Waals surface area contributed by atoms with Crippen LogP contribution in [0.1, 0.15) is 64.7 Å². The fourth-order valence-corrected chi connectivity index (χ4v) is 4.40. The molecule has 3 rings (SSSR count). The minimum Gasteiger partial charge on any atom is -0.597 e. The average Bonchev–Trinajstić information content (AvgIpc) is 2.60. The van der Waals surface area contributed by atoms with Gasteiger partial charge in [0.25, 0.3) is 0 Å². The number of esters is 1. The van der Waals surface area contributed by atoms with Gasteiger partial charge in [-0.1, -0.05) is 30.5 Å². The van der Waals surface area contributed by atoms with E-state index >= 15 is 0 Å². The predicted octanol–water partition coefficient (Wildman–Crippen LogP) is 3.12. The van der Waals surface area contributed by atoms with Crippen molar-refractivity contribution < 1.29 is 14.4 Å². The molecule has 0 radical (unpaired) electrons. The van der Waals surface area contributed by atoms with Gasteiger partial charge in [-0.15, -0.1) is 0 Å². The second-order valence-electron chi connectivity index (χ2n) is 6.27. The normalized spacial score (nSPS) is 36.7. The maximum atomic E-state index is 12.4. The van der Waals surface area contributed by atoms with Crippen molar-refractivity contribution in [3.63, 3.8) is 0 Å². The van der Waals surface area contributed by atoms with E-state index < -0.39 is 5.72 Å². The van der Waals surface area contributed by atoms with E-state index in [-0.39, 0.29) is 17.4 Å². The largest absolute Gasteiger partial charge is 0.597 e. The highest BCUT2D eigenvalue weighted by Gasteiger charge is 2.67. The van der Waals surface area contributed by atoms with E-state index in [0.717, 1.165) is 49.8 Å². The van der Waals surface area contributed by atoms with Crippen LogP contribution in [0.2, 0.25) is 0 Å². The molecule has 5 heteroatoms. The number of nitrogens with zero attached hydrogens (tertiary/aromatic N) is 2. The number of carbonyl (C=O) groups is 1. The number of hydroxylamine groups is 1. The zero-order valence-corrected chi connectivity index (χ0v) is 11.6. The van der Waals surface area contributed by atoms with Crippen molar-refractivity contribution in [3.05, 3.63) is 5.21 Å². The fourth-order valence-electron chi connectivity index (χ4n) is 4.40. The molecule has 3 aliphatic rings. The highest BCUT2D eigenvalue weighted by Crippen LogP contribution is 2.54. The molecule has 106 valence electrons. The summed E-state index contributed by atoms with van der Waals surface area (Å²) in [5.74, 6) is -0.272. The minimum absolute atomic E-state index is 0.0930. The lowest BCUT2D eigenvalue weighted by atomic mass is 9.65. The Balaban J connectivity index is 1.97. The zero-order chi connectivity index (χ0) is 13.5. The fraction of sp³-hybridized carbons (Fsp3) is 0.929. The molecule has 5 nitrogen and oxygen atoms in total. The van der Waals surface area contributed by atoms with Crippen LogP contribution in [0.4, 0.5) is 0 Å². The van der Waals surface area contributed by atoms with Crippen LogP contribution in [0, 0.1) is 11.1 Å². The number of fused-ring (bicyclic) bond motifs is 2. The van der Waals surface area contributed by atoms with Crippen molar-refractivity contribution in [2.24, 2.45) is 11.0 Å². The van der Waals surface area contributed by atoms with Gasteiger partial charge in [-0.25, -0.2) is 0 Å². The van der Waals surface area contributed by atoms with Crippen molar-refractivity contribution in [2.75, 3.05) is 0 Å². The van der Waals surface area contributed by atoms with Gasteiger partial charge >= 0.3 is 11.7 Å². The third kappa shape index (κ3) is 1.85. The van der Waals surface area contributed by atoms with E-state index in [1.165, 1.54) is 13.3 Å². The molecule has 0 N–H and O–H groups in total. The second-order valence-corrected chi connectivity index (χ2v) is 6.27. The summed E-state index contributed by atoms with van der Waals surface area (Å²) in [6, 6.07) is 0. The van der Waals surface area contributed by atoms with Crippen LogP contribution in [0.25, 0.3) is 0 Å². The van der Waals surface area contributed by atoms with Gasteiger partial charge in [-0.05, 0) is 30.8 Å². The standard InChI is InChI=1S/C14H22N2O3/c1-11(17)19-14-10-6-3-7-12(14)13(15-16(14)18)8-4-2-5-9-13/h12H,2-10H2,1H3. The van der Waals surface area contributed by atoms with Gasteiger partial charge in [0, 0.05) is 6.92 Å². The first-order valence-corrected chi connectivity index (χ1v) is 7.49. The summed E-state index contributed by atoms with van der Waals surface area (Å²) < 4.78 is 5.52. The van der Waals surface area contributed by atoms with Crippen molar-refractivity contribution in [1.29, 1.82) is 0 Å². The highest BCUT2D eigenvalue weighted by molar-refractivity contribution is 5.66. The molecule has 2 saturated carbocycles. The van der Waals surface area contributed by atoms with E-state index in [4.69, 9.17) is 4.74 Å². The molecule has 1 spiro atoms. The molecule has 0 bridgehead atoms. The molecule has 2 fully saturated rings. The molecule has 2 aliphatic carbocycles. The number of hydrogen-bond acceptors (Lipinski definition) is 4. The predicted molar refractivity (Wildman–Crippen MR) is 68.3 cm³/mol. The van der Waals surface area contributed by atoms with Crippen molar-refractivity contribution in [3.8, 4) is 0 Å². The Morgan fingerprint density at radius 3 is 2.58 bits per heavy atom. The van der Waals surface area contributed by atoms with Gasteiger partial charge in [-0.3, -0.25) is 4.79 Å². The molecular weight excluding hydrogens is 244 g/mol. The van der Waals surface area contributed by atoms with Crippen LogP contribution in [-0.4, -0.2) is 22.1 Å². The van der Waals surface area contributed by atoms with Gasteiger partial charge in [0.2, 0.25) is 0 Å². The molecule has 1 heterocycles. The average molecular weight is 266 g/mol. The topological polar surface area (TPSA) is 64.7 Å². The highest BCUT2D eigenvalue weighted by atomic mass is 16.6. The van der Waals surface area contributed by atoms with E-state index in [2.05, 4.69) is 5.11 Å². The van der Waals surface area contributed by atoms with Gasteiger partial charge in [-0.2, -0.15) is 0 Å². The lowest BCUT2D eigenvalue weighted by Gasteiger charge is -2.40. The molecule has 0 aromatic rings. The Bertz CT molecular complexity index is 415. The third-order valence-electron chi connectivity index (χ3n) is 5.12. The molecule has 0 aromatic carbocycles. The van der Waals surface area contributed by atoms with Gasteiger partial charge in [0.1, 0.15) is 5.54 Å². The summed E-state index contributed by atoms with van der Waals surface area (Å²) >= 11 is 0. The summed E-state index contributed by atoms with van der Waals surface area (Å²) in [6.45, 7) is 1.39. The third-order valence-corrected chi connectivity index (χ3v) is 5.12. The maximum absolute atomic E-state index is 12.4. The number of hydrogen-bond donors (Lipinski definition) is 0. The zero-order valence-electron chi connectivity index (χ0n) is 11.6. The SMILES string of the molecule is CC(=O)OC12CCCCC1C1(CCCCC1)N=[N+]2[O-]. The molecule has 1 aliphatic heterocycles. The number of ether oxygens (including phenoxy) is 1. The summed E-state index contributed by atoms with van der Waals surface area (Å²) in [7, 11) is 0. The lowest BCUT2D eigenvalue weighted by molar-refractivity contribution is -0.652. The Hall–Kier alpha value is -1.13. The van der Waals surface area contributed by atoms with E-state index in [9.17, 15) is 10.0 Å². The molecule has 2 atom stereocenters. The summed E-state index contributed by atoms with van der Waals surface area (Å²) in [4.78, 5) is 12.2.